The Morgan fingerprint density at radius 3 is 2.83 bits per heavy atom. The molecule has 1 N–H and O–H groups in total. The molecule has 2 unspecified atom stereocenters. The van der Waals surface area contributed by atoms with Gasteiger partial charge in [-0.3, -0.25) is 0 Å². The second-order valence-corrected chi connectivity index (χ2v) is 6.37. The number of methoxy groups -OCH3 is 1. The fourth-order valence-electron chi connectivity index (χ4n) is 2.54. The lowest BCUT2D eigenvalue weighted by Crippen LogP contribution is -2.60. The van der Waals surface area contributed by atoms with Gasteiger partial charge in [0.05, 0.1) is 6.10 Å². The van der Waals surface area contributed by atoms with Gasteiger partial charge in [-0.2, -0.15) is 0 Å². The minimum Gasteiger partial charge on any atom is -0.381 e. The topological polar surface area (TPSA) is 21.3 Å². The molecule has 2 nitrogen and oxygen atoms in total. The van der Waals surface area contributed by atoms with E-state index in [1.807, 2.05) is 6.07 Å². The van der Waals surface area contributed by atoms with Crippen LogP contribution >= 0.6 is 15.9 Å². The number of benzene rings is 1. The molecule has 1 aromatic carbocycles. The molecular weight excluding hydrogens is 297 g/mol. The largest absolute Gasteiger partial charge is 0.381 e. The first-order valence-electron chi connectivity index (χ1n) is 6.15. The van der Waals surface area contributed by atoms with Crippen molar-refractivity contribution in [2.75, 3.05) is 7.11 Å². The summed E-state index contributed by atoms with van der Waals surface area (Å²) in [7, 11) is 1.75. The van der Waals surface area contributed by atoms with Gasteiger partial charge in [-0.1, -0.05) is 29.8 Å². The average molecular weight is 316 g/mol. The Morgan fingerprint density at radius 2 is 2.22 bits per heavy atom. The Morgan fingerprint density at radius 1 is 1.50 bits per heavy atom. The van der Waals surface area contributed by atoms with Gasteiger partial charge in [0.1, 0.15) is 5.82 Å². The fourth-order valence-corrected chi connectivity index (χ4v) is 2.95. The van der Waals surface area contributed by atoms with Crippen LogP contribution < -0.4 is 5.32 Å². The number of hydrogen-bond acceptors (Lipinski definition) is 2. The van der Waals surface area contributed by atoms with Gasteiger partial charge in [0, 0.05) is 35.1 Å². The Labute approximate surface area is 116 Å². The maximum absolute atomic E-state index is 13.6. The van der Waals surface area contributed by atoms with Gasteiger partial charge in [-0.25, -0.2) is 4.39 Å². The summed E-state index contributed by atoms with van der Waals surface area (Å²) in [4.78, 5) is 0. The molecule has 0 saturated heterocycles. The van der Waals surface area contributed by atoms with E-state index in [0.717, 1.165) is 10.9 Å². The van der Waals surface area contributed by atoms with Crippen molar-refractivity contribution in [3.05, 3.63) is 34.1 Å². The van der Waals surface area contributed by atoms with Crippen LogP contribution in [0, 0.1) is 11.2 Å². The van der Waals surface area contributed by atoms with Gasteiger partial charge in [0.15, 0.2) is 0 Å². The molecule has 0 aliphatic heterocycles. The van der Waals surface area contributed by atoms with Crippen molar-refractivity contribution < 1.29 is 9.13 Å². The van der Waals surface area contributed by atoms with Gasteiger partial charge in [-0.05, 0) is 24.6 Å². The molecular formula is C14H19BrFNO. The molecule has 0 heterocycles. The van der Waals surface area contributed by atoms with Crippen LogP contribution in [0.25, 0.3) is 0 Å². The first-order valence-corrected chi connectivity index (χ1v) is 6.94. The van der Waals surface area contributed by atoms with Crippen molar-refractivity contribution in [2.45, 2.75) is 39.0 Å². The molecule has 1 aromatic rings. The van der Waals surface area contributed by atoms with Crippen LogP contribution in [0.5, 0.6) is 0 Å². The molecule has 0 radical (unpaired) electrons. The van der Waals surface area contributed by atoms with E-state index in [1.54, 1.807) is 13.2 Å². The van der Waals surface area contributed by atoms with Crippen molar-refractivity contribution in [3.63, 3.8) is 0 Å². The van der Waals surface area contributed by atoms with E-state index in [-0.39, 0.29) is 11.2 Å². The lowest BCUT2D eigenvalue weighted by Gasteiger charge is -2.51. The second-order valence-electron chi connectivity index (χ2n) is 5.45. The van der Waals surface area contributed by atoms with Crippen LogP contribution in [-0.4, -0.2) is 19.3 Å². The highest BCUT2D eigenvalue weighted by Crippen LogP contribution is 2.42. The normalized spacial score (nSPS) is 25.8. The molecule has 18 heavy (non-hydrogen) atoms. The summed E-state index contributed by atoms with van der Waals surface area (Å²) in [6.45, 7) is 4.91. The Bertz CT molecular complexity index is 436. The molecule has 0 bridgehead atoms. The molecule has 2 atom stereocenters. The zero-order chi connectivity index (χ0) is 13.3. The van der Waals surface area contributed by atoms with E-state index in [0.29, 0.717) is 24.3 Å². The molecule has 2 rings (SSSR count). The first-order chi connectivity index (χ1) is 8.45. The number of halogens is 2. The summed E-state index contributed by atoms with van der Waals surface area (Å²) < 4.78 is 19.9. The monoisotopic (exact) mass is 315 g/mol. The van der Waals surface area contributed by atoms with E-state index in [9.17, 15) is 4.39 Å². The second kappa shape index (κ2) is 5.27. The van der Waals surface area contributed by atoms with Gasteiger partial charge in [0.2, 0.25) is 0 Å². The third-order valence-electron chi connectivity index (χ3n) is 4.01. The Kier molecular flexibility index (Phi) is 4.09. The molecule has 0 amide bonds. The van der Waals surface area contributed by atoms with Gasteiger partial charge < -0.3 is 10.1 Å². The summed E-state index contributed by atoms with van der Waals surface area (Å²) in [6.07, 6.45) is 1.28. The highest BCUT2D eigenvalue weighted by molar-refractivity contribution is 9.10. The Balaban J connectivity index is 1.95. The molecule has 0 aromatic heterocycles. The highest BCUT2D eigenvalue weighted by Gasteiger charge is 2.48. The predicted molar refractivity (Wildman–Crippen MR) is 73.9 cm³/mol. The molecule has 1 fully saturated rings. The molecule has 1 aliphatic rings. The molecule has 1 saturated carbocycles. The molecule has 1 aliphatic carbocycles. The zero-order valence-electron chi connectivity index (χ0n) is 11.0. The van der Waals surface area contributed by atoms with Crippen molar-refractivity contribution >= 4 is 15.9 Å². The van der Waals surface area contributed by atoms with Crippen molar-refractivity contribution in [1.29, 1.82) is 0 Å². The van der Waals surface area contributed by atoms with Crippen LogP contribution in [-0.2, 0) is 11.3 Å². The van der Waals surface area contributed by atoms with E-state index in [4.69, 9.17) is 4.74 Å². The van der Waals surface area contributed by atoms with Crippen LogP contribution in [0.2, 0.25) is 0 Å². The summed E-state index contributed by atoms with van der Waals surface area (Å²) in [5.74, 6) is -0.161. The van der Waals surface area contributed by atoms with Crippen LogP contribution in [0.3, 0.4) is 0 Å². The summed E-state index contributed by atoms with van der Waals surface area (Å²) in [6, 6.07) is 5.40. The van der Waals surface area contributed by atoms with Crippen LogP contribution in [0.4, 0.5) is 4.39 Å². The van der Waals surface area contributed by atoms with Crippen molar-refractivity contribution in [1.82, 2.24) is 5.32 Å². The molecule has 0 spiro atoms. The van der Waals surface area contributed by atoms with Gasteiger partial charge in [0.25, 0.3) is 0 Å². The number of hydrogen-bond donors (Lipinski definition) is 1. The van der Waals surface area contributed by atoms with E-state index < -0.39 is 0 Å². The minimum absolute atomic E-state index is 0.108. The van der Waals surface area contributed by atoms with Crippen molar-refractivity contribution in [3.8, 4) is 0 Å². The molecule has 4 heteroatoms. The number of rotatable bonds is 4. The lowest BCUT2D eigenvalue weighted by molar-refractivity contribution is -0.0979. The number of ether oxygens (including phenoxy) is 1. The van der Waals surface area contributed by atoms with E-state index >= 15 is 0 Å². The van der Waals surface area contributed by atoms with Gasteiger partial charge >= 0.3 is 0 Å². The zero-order valence-corrected chi connectivity index (χ0v) is 12.6. The van der Waals surface area contributed by atoms with Gasteiger partial charge in [-0.15, -0.1) is 0 Å². The fraction of sp³-hybridized carbons (Fsp3) is 0.571. The van der Waals surface area contributed by atoms with Crippen LogP contribution in [0.1, 0.15) is 25.8 Å². The summed E-state index contributed by atoms with van der Waals surface area (Å²) >= 11 is 3.36. The Hall–Kier alpha value is -0.450. The van der Waals surface area contributed by atoms with Crippen molar-refractivity contribution in [2.24, 2.45) is 5.41 Å². The smallest absolute Gasteiger partial charge is 0.127 e. The third kappa shape index (κ3) is 2.60. The highest BCUT2D eigenvalue weighted by atomic mass is 79.9. The summed E-state index contributed by atoms with van der Waals surface area (Å²) in [5, 5.41) is 3.42. The quantitative estimate of drug-likeness (QED) is 0.918. The maximum Gasteiger partial charge on any atom is 0.127 e. The molecule has 100 valence electrons. The SMILES string of the molecule is COC1CC(NCc2cc(Br)ccc2F)C1(C)C. The minimum atomic E-state index is -0.161. The van der Waals surface area contributed by atoms with E-state index in [2.05, 4.69) is 35.1 Å². The van der Waals surface area contributed by atoms with Crippen LogP contribution in [0.15, 0.2) is 22.7 Å². The number of nitrogens with one attached hydrogen (secondary N) is 1. The maximum atomic E-state index is 13.6. The first kappa shape index (κ1) is 14.0. The predicted octanol–water partition coefficient (Wildman–Crippen LogP) is 3.49. The average Bonchev–Trinajstić information content (AvgIpc) is 2.32. The third-order valence-corrected chi connectivity index (χ3v) is 4.50. The standard InChI is InChI=1S/C14H19BrFNO/c1-14(2)12(7-13(14)18-3)17-8-9-6-10(15)4-5-11(9)16/h4-6,12-13,17H,7-8H2,1-3H3. The summed E-state index contributed by atoms with van der Waals surface area (Å²) in [5.41, 5.74) is 0.804. The van der Waals surface area contributed by atoms with E-state index in [1.165, 1.54) is 6.07 Å². The lowest BCUT2D eigenvalue weighted by atomic mass is 9.64.